The minimum atomic E-state index is 0.216. The molecule has 3 N–H and O–H groups in total. The van der Waals surface area contributed by atoms with E-state index in [9.17, 15) is 0 Å². The predicted octanol–water partition coefficient (Wildman–Crippen LogP) is 3.27. The van der Waals surface area contributed by atoms with E-state index in [-0.39, 0.29) is 5.96 Å². The number of aliphatic imine (C=N–C) groups is 1. The lowest BCUT2D eigenvalue weighted by Gasteiger charge is -2.08. The van der Waals surface area contributed by atoms with Crippen LogP contribution in [0.5, 0.6) is 0 Å². The number of hydrogen-bond donors (Lipinski definition) is 3. The van der Waals surface area contributed by atoms with Gasteiger partial charge in [-0.05, 0) is 34.5 Å². The van der Waals surface area contributed by atoms with E-state index in [1.165, 1.54) is 0 Å². The summed E-state index contributed by atoms with van der Waals surface area (Å²) in [7, 11) is 0. The van der Waals surface area contributed by atoms with Crippen LogP contribution in [0, 0.1) is 0 Å². The van der Waals surface area contributed by atoms with Crippen LogP contribution >= 0.6 is 0 Å². The fourth-order valence-electron chi connectivity index (χ4n) is 2.60. The summed E-state index contributed by atoms with van der Waals surface area (Å²) in [6.45, 7) is 2.42. The number of nitrogens with one attached hydrogen (secondary N) is 2. The van der Waals surface area contributed by atoms with Crippen molar-refractivity contribution in [1.82, 2.24) is 10.9 Å². The standard InChI is InChI=1S/C18H18N4O/c1-2-19-18(22-23)21-20-12-17-15-9-5-3-7-13(15)11-14-8-4-6-10-16(14)17/h3-12,23H,2H2,1H3,(H2,19,21,22)/b20-12+. The smallest absolute Gasteiger partial charge is 0.236 e. The fourth-order valence-corrected chi connectivity index (χ4v) is 2.60. The Balaban J connectivity index is 2.08. The molecule has 0 heterocycles. The summed E-state index contributed by atoms with van der Waals surface area (Å²) >= 11 is 0. The van der Waals surface area contributed by atoms with Crippen molar-refractivity contribution >= 4 is 33.7 Å². The van der Waals surface area contributed by atoms with Crippen molar-refractivity contribution in [2.24, 2.45) is 10.1 Å². The van der Waals surface area contributed by atoms with Gasteiger partial charge in [-0.1, -0.05) is 48.5 Å². The van der Waals surface area contributed by atoms with E-state index in [4.69, 9.17) is 5.21 Å². The van der Waals surface area contributed by atoms with E-state index in [0.29, 0.717) is 6.54 Å². The first kappa shape index (κ1) is 15.0. The zero-order valence-corrected chi connectivity index (χ0v) is 12.8. The third-order valence-corrected chi connectivity index (χ3v) is 3.60. The number of fused-ring (bicyclic) bond motifs is 2. The summed E-state index contributed by atoms with van der Waals surface area (Å²) in [5.41, 5.74) is 5.72. The summed E-state index contributed by atoms with van der Waals surface area (Å²) in [6, 6.07) is 18.6. The third kappa shape index (κ3) is 3.14. The zero-order chi connectivity index (χ0) is 16.1. The van der Waals surface area contributed by atoms with Crippen LogP contribution in [0.25, 0.3) is 21.5 Å². The molecule has 23 heavy (non-hydrogen) atoms. The largest absolute Gasteiger partial charge is 0.288 e. The predicted molar refractivity (Wildman–Crippen MR) is 95.1 cm³/mol. The van der Waals surface area contributed by atoms with Crippen molar-refractivity contribution in [1.29, 1.82) is 0 Å². The number of hydrogen-bond acceptors (Lipinski definition) is 3. The van der Waals surface area contributed by atoms with Crippen molar-refractivity contribution in [3.05, 3.63) is 60.2 Å². The molecule has 0 unspecified atom stereocenters. The highest BCUT2D eigenvalue weighted by Gasteiger charge is 2.05. The molecule has 3 aromatic carbocycles. The molecule has 0 aromatic heterocycles. The van der Waals surface area contributed by atoms with Crippen LogP contribution in [0.3, 0.4) is 0 Å². The van der Waals surface area contributed by atoms with Gasteiger partial charge in [0, 0.05) is 12.1 Å². The van der Waals surface area contributed by atoms with Crippen LogP contribution in [0.1, 0.15) is 12.5 Å². The summed E-state index contributed by atoms with van der Waals surface area (Å²) in [5.74, 6) is 0.216. The highest BCUT2D eigenvalue weighted by atomic mass is 16.5. The van der Waals surface area contributed by atoms with Gasteiger partial charge in [0.05, 0.1) is 6.21 Å². The molecule has 0 amide bonds. The Morgan fingerprint density at radius 2 is 1.65 bits per heavy atom. The van der Waals surface area contributed by atoms with Crippen molar-refractivity contribution in [2.45, 2.75) is 6.92 Å². The fraction of sp³-hybridized carbons (Fsp3) is 0.111. The molecule has 0 spiro atoms. The van der Waals surface area contributed by atoms with E-state index < -0.39 is 0 Å². The molecule has 5 heteroatoms. The first-order valence-electron chi connectivity index (χ1n) is 7.47. The van der Waals surface area contributed by atoms with Gasteiger partial charge in [-0.2, -0.15) is 5.10 Å². The van der Waals surface area contributed by atoms with E-state index >= 15 is 0 Å². The van der Waals surface area contributed by atoms with Gasteiger partial charge in [0.15, 0.2) is 0 Å². The minimum absolute atomic E-state index is 0.216. The normalized spacial score (nSPS) is 12.2. The molecule has 3 aromatic rings. The van der Waals surface area contributed by atoms with E-state index in [1.807, 2.05) is 36.7 Å². The number of hydroxylamine groups is 1. The monoisotopic (exact) mass is 306 g/mol. The second-order valence-corrected chi connectivity index (χ2v) is 5.04. The van der Waals surface area contributed by atoms with Gasteiger partial charge in [-0.3, -0.25) is 10.2 Å². The molecule has 0 aliphatic carbocycles. The van der Waals surface area contributed by atoms with Crippen LogP contribution in [-0.2, 0) is 0 Å². The van der Waals surface area contributed by atoms with Crippen molar-refractivity contribution in [3.63, 3.8) is 0 Å². The zero-order valence-electron chi connectivity index (χ0n) is 12.8. The molecule has 0 fully saturated rings. The summed E-state index contributed by atoms with van der Waals surface area (Å²) in [6.07, 6.45) is 1.76. The Kier molecular flexibility index (Phi) is 4.49. The molecule has 0 aliphatic rings. The number of guanidine groups is 1. The topological polar surface area (TPSA) is 69.0 Å². The quantitative estimate of drug-likeness (QED) is 0.301. The second-order valence-electron chi connectivity index (χ2n) is 5.04. The lowest BCUT2D eigenvalue weighted by atomic mass is 9.97. The van der Waals surface area contributed by atoms with Crippen molar-refractivity contribution in [3.8, 4) is 0 Å². The Morgan fingerprint density at radius 3 is 2.22 bits per heavy atom. The first-order valence-corrected chi connectivity index (χ1v) is 7.47. The maximum Gasteiger partial charge on any atom is 0.236 e. The van der Waals surface area contributed by atoms with Gasteiger partial charge in [-0.25, -0.2) is 10.9 Å². The highest BCUT2D eigenvalue weighted by Crippen LogP contribution is 2.27. The lowest BCUT2D eigenvalue weighted by Crippen LogP contribution is -2.31. The molecule has 5 nitrogen and oxygen atoms in total. The maximum atomic E-state index is 8.98. The van der Waals surface area contributed by atoms with Gasteiger partial charge < -0.3 is 0 Å². The Bertz CT molecular complexity index is 832. The maximum absolute atomic E-state index is 8.98. The number of benzene rings is 3. The van der Waals surface area contributed by atoms with Crippen molar-refractivity contribution in [2.75, 3.05) is 6.54 Å². The molecular formula is C18H18N4O. The van der Waals surface area contributed by atoms with Crippen LogP contribution < -0.4 is 10.9 Å². The van der Waals surface area contributed by atoms with Crippen LogP contribution in [0.2, 0.25) is 0 Å². The van der Waals surface area contributed by atoms with Gasteiger partial charge in [0.2, 0.25) is 5.96 Å². The average Bonchev–Trinajstić information content (AvgIpc) is 2.60. The SMILES string of the molecule is CCN=C(NO)N/N=C/c1c2ccccc2cc2ccccc12. The third-order valence-electron chi connectivity index (χ3n) is 3.60. The molecule has 0 atom stereocenters. The summed E-state index contributed by atoms with van der Waals surface area (Å²) in [4.78, 5) is 4.03. The van der Waals surface area contributed by atoms with Gasteiger partial charge in [-0.15, -0.1) is 0 Å². The number of hydrazone groups is 1. The van der Waals surface area contributed by atoms with E-state index in [1.54, 1.807) is 6.21 Å². The molecule has 3 rings (SSSR count). The van der Waals surface area contributed by atoms with Gasteiger partial charge in [0.1, 0.15) is 0 Å². The van der Waals surface area contributed by atoms with Crippen LogP contribution in [0.4, 0.5) is 0 Å². The second kappa shape index (κ2) is 6.89. The Labute approximate surface area is 134 Å². The number of nitrogens with zero attached hydrogens (tertiary/aromatic N) is 2. The minimum Gasteiger partial charge on any atom is -0.288 e. The van der Waals surface area contributed by atoms with Gasteiger partial charge in [0.25, 0.3) is 0 Å². The molecule has 0 radical (unpaired) electrons. The molecule has 0 aliphatic heterocycles. The van der Waals surface area contributed by atoms with Crippen molar-refractivity contribution < 1.29 is 5.21 Å². The first-order chi connectivity index (χ1) is 11.3. The molecular weight excluding hydrogens is 288 g/mol. The molecule has 0 saturated carbocycles. The van der Waals surface area contributed by atoms with Crippen LogP contribution in [-0.4, -0.2) is 23.9 Å². The average molecular weight is 306 g/mol. The molecule has 116 valence electrons. The van der Waals surface area contributed by atoms with Crippen LogP contribution in [0.15, 0.2) is 64.7 Å². The Hall–Kier alpha value is -2.92. The lowest BCUT2D eigenvalue weighted by molar-refractivity contribution is 0.229. The molecule has 0 saturated heterocycles. The molecule has 0 bridgehead atoms. The van der Waals surface area contributed by atoms with E-state index in [2.05, 4.69) is 45.9 Å². The summed E-state index contributed by atoms with van der Waals surface area (Å²) < 4.78 is 0. The summed E-state index contributed by atoms with van der Waals surface area (Å²) in [5, 5.41) is 17.8. The number of rotatable bonds is 3. The highest BCUT2D eigenvalue weighted by molar-refractivity contribution is 6.13. The van der Waals surface area contributed by atoms with E-state index in [0.717, 1.165) is 27.1 Å². The Morgan fingerprint density at radius 1 is 1.04 bits per heavy atom. The van der Waals surface area contributed by atoms with Gasteiger partial charge >= 0.3 is 0 Å².